The Kier molecular flexibility index (Phi) is 2.67. The molecule has 1 fully saturated rings. The van der Waals surface area contributed by atoms with Crippen molar-refractivity contribution in [2.24, 2.45) is 5.92 Å². The lowest BCUT2D eigenvalue weighted by Crippen LogP contribution is -2.00. The number of imidazole rings is 1. The largest absolute Gasteiger partial charge is 0.382 e. The molecule has 1 atom stereocenters. The van der Waals surface area contributed by atoms with Gasteiger partial charge in [-0.1, -0.05) is 5.57 Å². The average Bonchev–Trinajstić information content (AvgIpc) is 2.85. The third kappa shape index (κ3) is 2.51. The predicted octanol–water partition coefficient (Wildman–Crippen LogP) is 0.490. The average molecular weight is 281 g/mol. The zero-order chi connectivity index (χ0) is 13.6. The monoisotopic (exact) mass is 281 g/mol. The van der Waals surface area contributed by atoms with Crippen LogP contribution in [0.4, 0.5) is 5.82 Å². The Morgan fingerprint density at radius 2 is 2.26 bits per heavy atom. The summed E-state index contributed by atoms with van der Waals surface area (Å²) in [6.45, 7) is 0.582. The highest BCUT2D eigenvalue weighted by Gasteiger charge is 2.33. The van der Waals surface area contributed by atoms with Crippen LogP contribution in [-0.4, -0.2) is 29.3 Å². The van der Waals surface area contributed by atoms with Crippen LogP contribution >= 0.6 is 7.60 Å². The molecular weight excluding hydrogens is 269 g/mol. The summed E-state index contributed by atoms with van der Waals surface area (Å²) in [6.07, 6.45) is 3.67. The molecule has 0 aromatic carbocycles. The van der Waals surface area contributed by atoms with Crippen molar-refractivity contribution in [2.75, 3.05) is 5.73 Å². The Hall–Kier alpha value is -1.76. The first-order valence-corrected chi connectivity index (χ1v) is 7.30. The number of allylic oxidation sites excluding steroid dienone is 1. The highest BCUT2D eigenvalue weighted by molar-refractivity contribution is 7.55. The van der Waals surface area contributed by atoms with Gasteiger partial charge in [-0.3, -0.25) is 4.57 Å². The molecule has 1 aliphatic rings. The number of anilines is 1. The molecule has 1 aliphatic carbocycles. The molecular formula is C10H12N5O3P. The van der Waals surface area contributed by atoms with E-state index in [1.54, 1.807) is 6.33 Å². The van der Waals surface area contributed by atoms with E-state index in [1.165, 1.54) is 6.33 Å². The maximum atomic E-state index is 10.8. The van der Waals surface area contributed by atoms with Crippen LogP contribution in [0.5, 0.6) is 0 Å². The molecule has 2 heterocycles. The van der Waals surface area contributed by atoms with Crippen LogP contribution < -0.4 is 5.73 Å². The van der Waals surface area contributed by atoms with Crippen LogP contribution in [0.2, 0.25) is 0 Å². The maximum absolute atomic E-state index is 10.8. The zero-order valence-corrected chi connectivity index (χ0v) is 10.7. The molecule has 0 bridgehead atoms. The standard InChI is InChI=1S/C10H12N5O3P/c11-9-8-10(13-4-12-9)15(5-14-8)2-6-1-7(6)3-19(16,17)18/h3-6H,1-2H2,(H2,11,12,13)(H2,16,17,18)/b7-3+. The number of rotatable bonds is 3. The molecule has 3 rings (SSSR count). The van der Waals surface area contributed by atoms with Gasteiger partial charge in [0.05, 0.1) is 6.33 Å². The second-order valence-electron chi connectivity index (χ2n) is 4.52. The van der Waals surface area contributed by atoms with Gasteiger partial charge in [-0.05, 0) is 6.42 Å². The van der Waals surface area contributed by atoms with Gasteiger partial charge >= 0.3 is 7.60 Å². The lowest BCUT2D eigenvalue weighted by Gasteiger charge is -2.01. The Bertz CT molecular complexity index is 719. The van der Waals surface area contributed by atoms with E-state index >= 15 is 0 Å². The second-order valence-corrected chi connectivity index (χ2v) is 5.96. The molecule has 4 N–H and O–H groups in total. The van der Waals surface area contributed by atoms with Gasteiger partial charge in [-0.25, -0.2) is 15.0 Å². The topological polar surface area (TPSA) is 127 Å². The van der Waals surface area contributed by atoms with Crippen LogP contribution in [0.25, 0.3) is 11.2 Å². The van der Waals surface area contributed by atoms with E-state index in [4.69, 9.17) is 15.5 Å². The van der Waals surface area contributed by atoms with Gasteiger partial charge in [0.1, 0.15) is 11.8 Å². The molecule has 0 spiro atoms. The van der Waals surface area contributed by atoms with Crippen molar-refractivity contribution in [3.8, 4) is 0 Å². The van der Waals surface area contributed by atoms with E-state index in [0.29, 0.717) is 29.9 Å². The molecule has 0 saturated heterocycles. The van der Waals surface area contributed by atoms with Crippen molar-refractivity contribution in [3.63, 3.8) is 0 Å². The summed E-state index contributed by atoms with van der Waals surface area (Å²) < 4.78 is 12.7. The SMILES string of the molecule is Nc1ncnc2c1ncn2CC1C/C1=C\P(=O)(O)O. The summed E-state index contributed by atoms with van der Waals surface area (Å²) in [6, 6.07) is 0. The van der Waals surface area contributed by atoms with E-state index in [9.17, 15) is 4.57 Å². The van der Waals surface area contributed by atoms with Crippen molar-refractivity contribution >= 4 is 24.6 Å². The number of hydrogen-bond donors (Lipinski definition) is 3. The Labute approximate surface area is 108 Å². The molecule has 2 aromatic rings. The Morgan fingerprint density at radius 3 is 3.00 bits per heavy atom. The molecule has 9 heteroatoms. The quantitative estimate of drug-likeness (QED) is 0.698. The lowest BCUT2D eigenvalue weighted by atomic mass is 10.4. The number of nitrogens with zero attached hydrogens (tertiary/aromatic N) is 4. The normalized spacial score (nSPS) is 21.2. The van der Waals surface area contributed by atoms with Crippen molar-refractivity contribution in [2.45, 2.75) is 13.0 Å². The fourth-order valence-electron chi connectivity index (χ4n) is 2.05. The van der Waals surface area contributed by atoms with Gasteiger partial charge < -0.3 is 20.1 Å². The number of nitrogens with two attached hydrogens (primary N) is 1. The zero-order valence-electron chi connectivity index (χ0n) is 9.84. The molecule has 0 amide bonds. The van der Waals surface area contributed by atoms with E-state index in [1.807, 2.05) is 4.57 Å². The molecule has 19 heavy (non-hydrogen) atoms. The molecule has 1 unspecified atom stereocenters. The van der Waals surface area contributed by atoms with E-state index in [0.717, 1.165) is 11.4 Å². The number of hydrogen-bond acceptors (Lipinski definition) is 5. The fourth-order valence-corrected chi connectivity index (χ4v) is 2.80. The van der Waals surface area contributed by atoms with Gasteiger partial charge in [0.15, 0.2) is 11.5 Å². The van der Waals surface area contributed by atoms with Crippen molar-refractivity contribution in [1.82, 2.24) is 19.5 Å². The molecule has 0 radical (unpaired) electrons. The minimum Gasteiger partial charge on any atom is -0.382 e. The van der Waals surface area contributed by atoms with Gasteiger partial charge in [-0.2, -0.15) is 0 Å². The van der Waals surface area contributed by atoms with Crippen LogP contribution in [0, 0.1) is 5.92 Å². The first-order chi connectivity index (χ1) is 8.94. The van der Waals surface area contributed by atoms with Crippen molar-refractivity contribution < 1.29 is 14.4 Å². The van der Waals surface area contributed by atoms with Crippen molar-refractivity contribution in [3.05, 3.63) is 24.0 Å². The predicted molar refractivity (Wildman–Crippen MR) is 68.0 cm³/mol. The first-order valence-electron chi connectivity index (χ1n) is 5.62. The molecule has 1 saturated carbocycles. The minimum absolute atomic E-state index is 0.126. The minimum atomic E-state index is -4.08. The van der Waals surface area contributed by atoms with Crippen LogP contribution in [-0.2, 0) is 11.1 Å². The third-order valence-corrected chi connectivity index (χ3v) is 3.69. The van der Waals surface area contributed by atoms with E-state index in [-0.39, 0.29) is 5.92 Å². The van der Waals surface area contributed by atoms with Gasteiger partial charge in [-0.15, -0.1) is 0 Å². The molecule has 100 valence electrons. The molecule has 2 aromatic heterocycles. The molecule has 8 nitrogen and oxygen atoms in total. The van der Waals surface area contributed by atoms with E-state index < -0.39 is 7.60 Å². The second kappa shape index (κ2) is 4.12. The summed E-state index contributed by atoms with van der Waals surface area (Å²) in [4.78, 5) is 29.8. The van der Waals surface area contributed by atoms with Gasteiger partial charge in [0, 0.05) is 18.3 Å². The van der Waals surface area contributed by atoms with Crippen LogP contribution in [0.1, 0.15) is 6.42 Å². The highest BCUT2D eigenvalue weighted by atomic mass is 31.2. The lowest BCUT2D eigenvalue weighted by molar-refractivity contribution is 0.386. The number of aromatic nitrogens is 4. The van der Waals surface area contributed by atoms with Crippen LogP contribution in [0.15, 0.2) is 24.0 Å². The van der Waals surface area contributed by atoms with Crippen molar-refractivity contribution in [1.29, 1.82) is 0 Å². The van der Waals surface area contributed by atoms with Gasteiger partial charge in [0.25, 0.3) is 0 Å². The van der Waals surface area contributed by atoms with E-state index in [2.05, 4.69) is 15.0 Å². The van der Waals surface area contributed by atoms with Gasteiger partial charge in [0.2, 0.25) is 0 Å². The Morgan fingerprint density at radius 1 is 1.47 bits per heavy atom. The summed E-state index contributed by atoms with van der Waals surface area (Å²) >= 11 is 0. The Balaban J connectivity index is 1.83. The van der Waals surface area contributed by atoms with Crippen LogP contribution in [0.3, 0.4) is 0 Å². The number of nitrogen functional groups attached to an aromatic ring is 1. The molecule has 0 aliphatic heterocycles. The number of fused-ring (bicyclic) bond motifs is 1. The summed E-state index contributed by atoms with van der Waals surface area (Å²) in [5, 5.41) is 0. The fraction of sp³-hybridized carbons (Fsp3) is 0.300. The maximum Gasteiger partial charge on any atom is 0.349 e. The summed E-state index contributed by atoms with van der Waals surface area (Å²) in [5.41, 5.74) is 7.64. The third-order valence-electron chi connectivity index (χ3n) is 3.03. The summed E-state index contributed by atoms with van der Waals surface area (Å²) in [7, 11) is -4.08. The highest BCUT2D eigenvalue weighted by Crippen LogP contribution is 2.48. The first kappa shape index (κ1) is 12.3. The summed E-state index contributed by atoms with van der Waals surface area (Å²) in [5.74, 6) is 1.49. The smallest absolute Gasteiger partial charge is 0.349 e.